The molecule has 2 aromatic rings. The van der Waals surface area contributed by atoms with Gasteiger partial charge in [-0.2, -0.15) is 0 Å². The molecule has 2 amide bonds. The Morgan fingerprint density at radius 3 is 2.17 bits per heavy atom. The van der Waals surface area contributed by atoms with Crippen molar-refractivity contribution in [3.63, 3.8) is 0 Å². The summed E-state index contributed by atoms with van der Waals surface area (Å²) in [5, 5.41) is 5.03. The van der Waals surface area contributed by atoms with Gasteiger partial charge in [-0.15, -0.1) is 0 Å². The van der Waals surface area contributed by atoms with Gasteiger partial charge in [0.25, 0.3) is 11.8 Å². The van der Waals surface area contributed by atoms with Crippen molar-refractivity contribution in [1.82, 2.24) is 15.1 Å². The van der Waals surface area contributed by atoms with Crippen LogP contribution >= 0.6 is 0 Å². The minimum Gasteiger partial charge on any atom is -0.315 e. The highest BCUT2D eigenvalue weighted by molar-refractivity contribution is 6.25. The van der Waals surface area contributed by atoms with Crippen LogP contribution in [0.5, 0.6) is 0 Å². The summed E-state index contributed by atoms with van der Waals surface area (Å²) in [6, 6.07) is 11.2. The van der Waals surface area contributed by atoms with E-state index in [0.717, 1.165) is 30.3 Å². The van der Waals surface area contributed by atoms with E-state index in [-0.39, 0.29) is 11.8 Å². The van der Waals surface area contributed by atoms with Gasteiger partial charge < -0.3 is 10.2 Å². The number of hydrogen-bond donors (Lipinski definition) is 1. The summed E-state index contributed by atoms with van der Waals surface area (Å²) in [4.78, 5) is 28.9. The summed E-state index contributed by atoms with van der Waals surface area (Å²) >= 11 is 0. The summed E-state index contributed by atoms with van der Waals surface area (Å²) < 4.78 is 0. The van der Waals surface area contributed by atoms with Crippen LogP contribution in [-0.2, 0) is 0 Å². The molecule has 1 aliphatic heterocycles. The molecule has 0 radical (unpaired) electrons. The maximum absolute atomic E-state index is 12.7. The van der Waals surface area contributed by atoms with Gasteiger partial charge >= 0.3 is 0 Å². The van der Waals surface area contributed by atoms with E-state index in [1.807, 2.05) is 38.4 Å². The lowest BCUT2D eigenvalue weighted by Crippen LogP contribution is -2.44. The molecule has 0 saturated heterocycles. The van der Waals surface area contributed by atoms with Crippen molar-refractivity contribution in [1.29, 1.82) is 0 Å². The summed E-state index contributed by atoms with van der Waals surface area (Å²) in [6.07, 6.45) is 1.04. The minimum atomic E-state index is -0.195. The Morgan fingerprint density at radius 1 is 0.958 bits per heavy atom. The summed E-state index contributed by atoms with van der Waals surface area (Å²) in [5.41, 5.74) is 1.24. The Morgan fingerprint density at radius 2 is 1.58 bits per heavy atom. The normalized spacial score (nSPS) is 14.0. The lowest BCUT2D eigenvalue weighted by Gasteiger charge is -2.27. The van der Waals surface area contributed by atoms with Crippen molar-refractivity contribution in [3.8, 4) is 0 Å². The molecule has 0 atom stereocenters. The van der Waals surface area contributed by atoms with Crippen LogP contribution in [0.3, 0.4) is 0 Å². The predicted octanol–water partition coefficient (Wildman–Crippen LogP) is 1.98. The van der Waals surface area contributed by atoms with Crippen LogP contribution < -0.4 is 5.32 Å². The maximum atomic E-state index is 12.7. The molecule has 0 aromatic heterocycles. The standard InChI is InChI=1S/C19H23N3O2/c1-21(2)12-5-10-20-11-13-22-18(23)15-8-3-6-14-7-4-9-16(17(14)15)19(22)24/h3-4,6-9,20H,5,10-13H2,1-2H3. The molecular formula is C19H23N3O2. The topological polar surface area (TPSA) is 52.6 Å². The second kappa shape index (κ2) is 7.11. The molecule has 126 valence electrons. The second-order valence-corrected chi connectivity index (χ2v) is 6.38. The fraction of sp³-hybridized carbons (Fsp3) is 0.368. The lowest BCUT2D eigenvalue weighted by atomic mass is 9.94. The molecule has 0 spiro atoms. The third-order valence-electron chi connectivity index (χ3n) is 4.33. The molecule has 1 aliphatic rings. The second-order valence-electron chi connectivity index (χ2n) is 6.38. The molecule has 5 nitrogen and oxygen atoms in total. The Kier molecular flexibility index (Phi) is 4.92. The monoisotopic (exact) mass is 325 g/mol. The van der Waals surface area contributed by atoms with Gasteiger partial charge in [0.15, 0.2) is 0 Å². The van der Waals surface area contributed by atoms with Crippen LogP contribution in [0.2, 0.25) is 0 Å². The SMILES string of the molecule is CN(C)CCCNCCN1C(=O)c2cccc3cccc(c23)C1=O. The van der Waals surface area contributed by atoms with Crippen LogP contribution in [0.15, 0.2) is 36.4 Å². The molecule has 5 heteroatoms. The van der Waals surface area contributed by atoms with Gasteiger partial charge in [-0.05, 0) is 51.1 Å². The van der Waals surface area contributed by atoms with Crippen molar-refractivity contribution in [2.75, 3.05) is 40.3 Å². The summed E-state index contributed by atoms with van der Waals surface area (Å²) in [5.74, 6) is -0.390. The van der Waals surface area contributed by atoms with E-state index in [2.05, 4.69) is 10.2 Å². The number of carbonyl (C=O) groups excluding carboxylic acids is 2. The first kappa shape index (κ1) is 16.6. The molecule has 0 saturated carbocycles. The third-order valence-corrected chi connectivity index (χ3v) is 4.33. The zero-order valence-corrected chi connectivity index (χ0v) is 14.2. The third kappa shape index (κ3) is 3.18. The van der Waals surface area contributed by atoms with Gasteiger partial charge in [-0.1, -0.05) is 24.3 Å². The van der Waals surface area contributed by atoms with Gasteiger partial charge in [0, 0.05) is 29.6 Å². The zero-order valence-electron chi connectivity index (χ0n) is 14.2. The number of benzene rings is 2. The number of rotatable bonds is 7. The smallest absolute Gasteiger partial charge is 0.261 e. The number of imide groups is 1. The molecule has 0 aliphatic carbocycles. The molecule has 0 bridgehead atoms. The Balaban J connectivity index is 1.69. The Hall–Kier alpha value is -2.24. The van der Waals surface area contributed by atoms with Gasteiger partial charge in [0.1, 0.15) is 0 Å². The van der Waals surface area contributed by atoms with Gasteiger partial charge in [0.2, 0.25) is 0 Å². The molecule has 1 heterocycles. The van der Waals surface area contributed by atoms with E-state index in [4.69, 9.17) is 0 Å². The van der Waals surface area contributed by atoms with Gasteiger partial charge in [-0.3, -0.25) is 14.5 Å². The fourth-order valence-corrected chi connectivity index (χ4v) is 3.12. The highest BCUT2D eigenvalue weighted by Crippen LogP contribution is 2.29. The first-order valence-electron chi connectivity index (χ1n) is 8.33. The number of amides is 2. The maximum Gasteiger partial charge on any atom is 0.261 e. The number of hydrogen-bond acceptors (Lipinski definition) is 4. The quantitative estimate of drug-likeness (QED) is 0.625. The molecule has 3 rings (SSSR count). The molecule has 24 heavy (non-hydrogen) atoms. The molecule has 0 unspecified atom stereocenters. The van der Waals surface area contributed by atoms with E-state index in [0.29, 0.717) is 24.2 Å². The van der Waals surface area contributed by atoms with Crippen molar-refractivity contribution in [2.24, 2.45) is 0 Å². The average molecular weight is 325 g/mol. The van der Waals surface area contributed by atoms with Crippen LogP contribution in [0, 0.1) is 0 Å². The molecule has 1 N–H and O–H groups in total. The van der Waals surface area contributed by atoms with Crippen LogP contribution in [0.25, 0.3) is 10.8 Å². The van der Waals surface area contributed by atoms with Crippen molar-refractivity contribution in [2.45, 2.75) is 6.42 Å². The van der Waals surface area contributed by atoms with Crippen LogP contribution in [-0.4, -0.2) is 61.9 Å². The zero-order chi connectivity index (χ0) is 17.1. The van der Waals surface area contributed by atoms with Crippen molar-refractivity contribution >= 4 is 22.6 Å². The van der Waals surface area contributed by atoms with E-state index < -0.39 is 0 Å². The molecule has 0 fully saturated rings. The van der Waals surface area contributed by atoms with Crippen molar-refractivity contribution in [3.05, 3.63) is 47.5 Å². The van der Waals surface area contributed by atoms with E-state index >= 15 is 0 Å². The number of nitrogens with one attached hydrogen (secondary N) is 1. The minimum absolute atomic E-state index is 0.195. The van der Waals surface area contributed by atoms with Gasteiger partial charge in [0.05, 0.1) is 0 Å². The summed E-state index contributed by atoms with van der Waals surface area (Å²) in [6.45, 7) is 2.90. The van der Waals surface area contributed by atoms with E-state index in [1.165, 1.54) is 4.90 Å². The summed E-state index contributed by atoms with van der Waals surface area (Å²) in [7, 11) is 4.09. The molecule has 2 aromatic carbocycles. The van der Waals surface area contributed by atoms with Crippen molar-refractivity contribution < 1.29 is 9.59 Å². The Bertz CT molecular complexity index is 720. The van der Waals surface area contributed by atoms with E-state index in [1.54, 1.807) is 12.1 Å². The first-order valence-corrected chi connectivity index (χ1v) is 8.33. The number of nitrogens with zero attached hydrogens (tertiary/aromatic N) is 2. The highest BCUT2D eigenvalue weighted by atomic mass is 16.2. The number of carbonyl (C=O) groups is 2. The largest absolute Gasteiger partial charge is 0.315 e. The molecular weight excluding hydrogens is 302 g/mol. The predicted molar refractivity (Wildman–Crippen MR) is 95.4 cm³/mol. The average Bonchev–Trinajstić information content (AvgIpc) is 2.58. The van der Waals surface area contributed by atoms with Crippen LogP contribution in [0.4, 0.5) is 0 Å². The highest BCUT2D eigenvalue weighted by Gasteiger charge is 2.31. The fourth-order valence-electron chi connectivity index (χ4n) is 3.12. The van der Waals surface area contributed by atoms with Gasteiger partial charge in [-0.25, -0.2) is 0 Å². The van der Waals surface area contributed by atoms with Crippen LogP contribution in [0.1, 0.15) is 27.1 Å². The lowest BCUT2D eigenvalue weighted by molar-refractivity contribution is 0.0612. The first-order chi connectivity index (χ1) is 11.6. The Labute approximate surface area is 142 Å². The van der Waals surface area contributed by atoms with E-state index in [9.17, 15) is 9.59 Å².